The lowest BCUT2D eigenvalue weighted by molar-refractivity contribution is 0.779. The van der Waals surface area contributed by atoms with Gasteiger partial charge in [-0.1, -0.05) is 0 Å². The van der Waals surface area contributed by atoms with Crippen molar-refractivity contribution in [3.05, 3.63) is 12.4 Å². The first-order valence-electron chi connectivity index (χ1n) is 4.26. The van der Waals surface area contributed by atoms with Crippen LogP contribution in [-0.4, -0.2) is 45.2 Å². The minimum atomic E-state index is 0.578. The van der Waals surface area contributed by atoms with E-state index in [0.717, 1.165) is 12.4 Å². The van der Waals surface area contributed by atoms with Crippen LogP contribution in [0.15, 0.2) is 12.4 Å². The summed E-state index contributed by atoms with van der Waals surface area (Å²) in [6.45, 7) is 1.32. The summed E-state index contributed by atoms with van der Waals surface area (Å²) >= 11 is 0. The summed E-state index contributed by atoms with van der Waals surface area (Å²) in [4.78, 5) is 6.00. The lowest BCUT2D eigenvalue weighted by atomic mass is 10.5. The lowest BCUT2D eigenvalue weighted by Crippen LogP contribution is -2.27. The van der Waals surface area contributed by atoms with E-state index in [1.807, 2.05) is 11.9 Å². The molecule has 14 heavy (non-hydrogen) atoms. The molecule has 0 aliphatic rings. The minimum Gasteiger partial charge on any atom is -0.357 e. The molecule has 0 amide bonds. The Kier molecular flexibility index (Phi) is 2.23. The van der Waals surface area contributed by atoms with Crippen molar-refractivity contribution in [2.45, 2.75) is 0 Å². The molecule has 0 atom stereocenters. The molecule has 0 saturated carbocycles. The molecular weight excluding hydrogens is 182 g/mol. The Morgan fingerprint density at radius 1 is 1.50 bits per heavy atom. The van der Waals surface area contributed by atoms with E-state index in [1.54, 1.807) is 16.9 Å². The number of tetrazole rings is 1. The van der Waals surface area contributed by atoms with Crippen molar-refractivity contribution >= 4 is 11.5 Å². The summed E-state index contributed by atoms with van der Waals surface area (Å²) in [5.41, 5.74) is 6.09. The first kappa shape index (κ1) is 8.82. The number of rotatable bonds is 3. The molecule has 2 rings (SSSR count). The summed E-state index contributed by atoms with van der Waals surface area (Å²) in [5, 5.41) is 11.2. The zero-order valence-electron chi connectivity index (χ0n) is 7.83. The van der Waals surface area contributed by atoms with Gasteiger partial charge in [0.1, 0.15) is 0 Å². The highest BCUT2D eigenvalue weighted by atomic mass is 15.5. The fraction of sp³-hybridized carbons (Fsp3) is 0.429. The fourth-order valence-corrected chi connectivity index (χ4v) is 1.23. The maximum absolute atomic E-state index is 5.46. The van der Waals surface area contributed by atoms with Gasteiger partial charge in [-0.05, 0) is 10.4 Å². The zero-order chi connectivity index (χ0) is 9.97. The number of likely N-dealkylation sites (N-methyl/N-ethyl adjacent to an activating group) is 1. The third-order valence-electron chi connectivity index (χ3n) is 1.95. The van der Waals surface area contributed by atoms with Crippen LogP contribution in [0.1, 0.15) is 0 Å². The molecule has 0 bridgehead atoms. The zero-order valence-corrected chi connectivity index (χ0v) is 7.83. The van der Waals surface area contributed by atoms with E-state index in [2.05, 4.69) is 20.5 Å². The molecule has 2 aromatic heterocycles. The SMILES string of the molecule is CN(CCN)c1cncc2nnnn12. The van der Waals surface area contributed by atoms with E-state index in [0.29, 0.717) is 12.2 Å². The number of aromatic nitrogens is 5. The van der Waals surface area contributed by atoms with Crippen molar-refractivity contribution < 1.29 is 0 Å². The molecule has 2 heterocycles. The maximum Gasteiger partial charge on any atom is 0.199 e. The number of hydrogen-bond donors (Lipinski definition) is 1. The van der Waals surface area contributed by atoms with Crippen LogP contribution >= 0.6 is 0 Å². The standard InChI is InChI=1S/C7H11N7/c1-13(3-2-8)7-5-9-4-6-10-11-12-14(6)7/h4-5H,2-3,8H2,1H3. The Balaban J connectivity index is 2.45. The van der Waals surface area contributed by atoms with Gasteiger partial charge in [-0.3, -0.25) is 4.98 Å². The second kappa shape index (κ2) is 3.54. The molecule has 0 saturated heterocycles. The Labute approximate surface area is 80.5 Å². The summed E-state index contributed by atoms with van der Waals surface area (Å²) in [5.74, 6) is 0.831. The Bertz CT molecular complexity index is 423. The van der Waals surface area contributed by atoms with Crippen molar-refractivity contribution in [1.29, 1.82) is 0 Å². The van der Waals surface area contributed by atoms with Crippen LogP contribution in [0.3, 0.4) is 0 Å². The predicted molar refractivity (Wildman–Crippen MR) is 50.9 cm³/mol. The second-order valence-corrected chi connectivity index (χ2v) is 2.92. The highest BCUT2D eigenvalue weighted by Crippen LogP contribution is 2.09. The van der Waals surface area contributed by atoms with Gasteiger partial charge in [0.05, 0.1) is 12.4 Å². The smallest absolute Gasteiger partial charge is 0.199 e. The summed E-state index contributed by atoms with van der Waals surface area (Å²) in [6.07, 6.45) is 3.32. The fourth-order valence-electron chi connectivity index (χ4n) is 1.23. The van der Waals surface area contributed by atoms with Gasteiger partial charge < -0.3 is 10.6 Å². The summed E-state index contributed by atoms with van der Waals surface area (Å²) in [6, 6.07) is 0. The van der Waals surface area contributed by atoms with Gasteiger partial charge in [0, 0.05) is 20.1 Å². The quantitative estimate of drug-likeness (QED) is 0.667. The number of nitrogens with two attached hydrogens (primary N) is 1. The van der Waals surface area contributed by atoms with E-state index in [-0.39, 0.29) is 0 Å². The average molecular weight is 193 g/mol. The second-order valence-electron chi connectivity index (χ2n) is 2.92. The topological polar surface area (TPSA) is 85.2 Å². The van der Waals surface area contributed by atoms with E-state index in [1.165, 1.54) is 0 Å². The molecule has 0 unspecified atom stereocenters. The van der Waals surface area contributed by atoms with Crippen molar-refractivity contribution in [2.24, 2.45) is 5.73 Å². The van der Waals surface area contributed by atoms with Gasteiger partial charge in [0.25, 0.3) is 0 Å². The molecule has 0 aliphatic heterocycles. The third-order valence-corrected chi connectivity index (χ3v) is 1.95. The Morgan fingerprint density at radius 3 is 3.14 bits per heavy atom. The lowest BCUT2D eigenvalue weighted by Gasteiger charge is -2.17. The third kappa shape index (κ3) is 1.37. The average Bonchev–Trinajstić information content (AvgIpc) is 2.65. The van der Waals surface area contributed by atoms with Crippen molar-refractivity contribution in [1.82, 2.24) is 25.0 Å². The van der Waals surface area contributed by atoms with Gasteiger partial charge in [-0.2, -0.15) is 4.52 Å². The van der Waals surface area contributed by atoms with Gasteiger partial charge in [-0.15, -0.1) is 5.10 Å². The summed E-state index contributed by atoms with van der Waals surface area (Å²) in [7, 11) is 1.92. The first-order valence-corrected chi connectivity index (χ1v) is 4.26. The van der Waals surface area contributed by atoms with Crippen LogP contribution in [0, 0.1) is 0 Å². The van der Waals surface area contributed by atoms with Gasteiger partial charge in [-0.25, -0.2) is 0 Å². The molecule has 0 radical (unpaired) electrons. The van der Waals surface area contributed by atoms with Crippen LogP contribution in [-0.2, 0) is 0 Å². The van der Waals surface area contributed by atoms with Gasteiger partial charge in [0.2, 0.25) is 0 Å². The Hall–Kier alpha value is -1.76. The monoisotopic (exact) mass is 193 g/mol. The predicted octanol–water partition coefficient (Wildman–Crippen LogP) is -1.09. The van der Waals surface area contributed by atoms with Crippen molar-refractivity contribution in [2.75, 3.05) is 25.0 Å². The molecule has 2 aromatic rings. The van der Waals surface area contributed by atoms with Gasteiger partial charge in [0.15, 0.2) is 11.5 Å². The van der Waals surface area contributed by atoms with E-state index >= 15 is 0 Å². The summed E-state index contributed by atoms with van der Waals surface area (Å²) < 4.78 is 1.63. The van der Waals surface area contributed by atoms with Crippen LogP contribution < -0.4 is 10.6 Å². The highest BCUT2D eigenvalue weighted by Gasteiger charge is 2.07. The van der Waals surface area contributed by atoms with Crippen molar-refractivity contribution in [3.63, 3.8) is 0 Å². The van der Waals surface area contributed by atoms with E-state index in [4.69, 9.17) is 5.73 Å². The molecule has 0 spiro atoms. The molecule has 0 fully saturated rings. The Morgan fingerprint density at radius 2 is 2.36 bits per heavy atom. The van der Waals surface area contributed by atoms with E-state index in [9.17, 15) is 0 Å². The number of anilines is 1. The highest BCUT2D eigenvalue weighted by molar-refractivity contribution is 5.45. The first-order chi connectivity index (χ1) is 6.83. The maximum atomic E-state index is 5.46. The van der Waals surface area contributed by atoms with Crippen LogP contribution in [0.4, 0.5) is 5.82 Å². The largest absolute Gasteiger partial charge is 0.357 e. The number of hydrogen-bond acceptors (Lipinski definition) is 6. The van der Waals surface area contributed by atoms with Crippen LogP contribution in [0.5, 0.6) is 0 Å². The van der Waals surface area contributed by atoms with E-state index < -0.39 is 0 Å². The molecule has 7 heteroatoms. The molecule has 7 nitrogen and oxygen atoms in total. The number of fused-ring (bicyclic) bond motifs is 1. The molecule has 74 valence electrons. The molecule has 0 aliphatic carbocycles. The van der Waals surface area contributed by atoms with Gasteiger partial charge >= 0.3 is 0 Å². The molecular formula is C7H11N7. The molecule has 2 N–H and O–H groups in total. The van der Waals surface area contributed by atoms with Crippen molar-refractivity contribution in [3.8, 4) is 0 Å². The molecule has 0 aromatic carbocycles. The normalized spacial score (nSPS) is 10.7. The minimum absolute atomic E-state index is 0.578. The number of nitrogens with zero attached hydrogens (tertiary/aromatic N) is 6. The van der Waals surface area contributed by atoms with Crippen LogP contribution in [0.2, 0.25) is 0 Å². The van der Waals surface area contributed by atoms with Crippen LogP contribution in [0.25, 0.3) is 5.65 Å².